The van der Waals surface area contributed by atoms with Gasteiger partial charge in [0.25, 0.3) is 0 Å². The molecule has 4 nitrogen and oxygen atoms in total. The van der Waals surface area contributed by atoms with Crippen molar-refractivity contribution in [3.8, 4) is 0 Å². The Morgan fingerprint density at radius 1 is 1.11 bits per heavy atom. The van der Waals surface area contributed by atoms with E-state index < -0.39 is 0 Å². The molecule has 6 rings (SSSR count). The standard InChI is InChI=1S/C24H30N2O2/c1-23-10-7-16(27)13-15(23)3-4-17-18-5-6-20(24(18,2)11-8-19(17)23)21-14-25-22-9-12-28-26(21)22/h3,6,9,12,14,16-19,27H,4-5,7-8,10-11,13H2,1-2H3. The van der Waals surface area contributed by atoms with Crippen molar-refractivity contribution in [1.29, 1.82) is 0 Å². The zero-order valence-corrected chi connectivity index (χ0v) is 16.9. The summed E-state index contributed by atoms with van der Waals surface area (Å²) in [6.07, 6.45) is 16.5. The number of aliphatic hydroxyl groups excluding tert-OH is 1. The highest BCUT2D eigenvalue weighted by Crippen LogP contribution is 2.66. The first-order valence-corrected chi connectivity index (χ1v) is 11.0. The third kappa shape index (κ3) is 2.07. The molecule has 1 N–H and O–H groups in total. The number of aromatic nitrogens is 2. The molecule has 0 aromatic carbocycles. The van der Waals surface area contributed by atoms with Crippen LogP contribution in [0.2, 0.25) is 0 Å². The molecule has 0 bridgehead atoms. The Balaban J connectivity index is 1.36. The van der Waals surface area contributed by atoms with Crippen LogP contribution in [0.4, 0.5) is 0 Å². The van der Waals surface area contributed by atoms with E-state index in [0.717, 1.165) is 42.4 Å². The summed E-state index contributed by atoms with van der Waals surface area (Å²) in [7, 11) is 0. The number of nitrogens with zero attached hydrogens (tertiary/aromatic N) is 2. The number of rotatable bonds is 1. The molecule has 2 aromatic heterocycles. The van der Waals surface area contributed by atoms with Gasteiger partial charge >= 0.3 is 0 Å². The largest absolute Gasteiger partial charge is 0.393 e. The summed E-state index contributed by atoms with van der Waals surface area (Å²) in [5.74, 6) is 2.21. The van der Waals surface area contributed by atoms with E-state index in [1.807, 2.05) is 16.8 Å². The van der Waals surface area contributed by atoms with Gasteiger partial charge in [-0.2, -0.15) is 4.57 Å². The quantitative estimate of drug-likeness (QED) is 0.690. The smallest absolute Gasteiger partial charge is 0.172 e. The predicted octanol–water partition coefficient (Wildman–Crippen LogP) is 5.24. The lowest BCUT2D eigenvalue weighted by Gasteiger charge is -2.57. The lowest BCUT2D eigenvalue weighted by Crippen LogP contribution is -2.49. The van der Waals surface area contributed by atoms with Gasteiger partial charge in [0.2, 0.25) is 0 Å². The van der Waals surface area contributed by atoms with Crippen LogP contribution in [0.1, 0.15) is 64.5 Å². The molecular formula is C24H30N2O2. The molecule has 6 unspecified atom stereocenters. The molecule has 0 aliphatic heterocycles. The lowest BCUT2D eigenvalue weighted by molar-refractivity contribution is -0.0239. The van der Waals surface area contributed by atoms with Crippen LogP contribution in [0, 0.1) is 28.6 Å². The highest BCUT2D eigenvalue weighted by molar-refractivity contribution is 5.72. The first-order chi connectivity index (χ1) is 13.5. The van der Waals surface area contributed by atoms with Crippen molar-refractivity contribution in [1.82, 2.24) is 9.56 Å². The Morgan fingerprint density at radius 3 is 2.86 bits per heavy atom. The average Bonchev–Trinajstić information content (AvgIpc) is 3.36. The number of hydrogen-bond donors (Lipinski definition) is 1. The Kier molecular flexibility index (Phi) is 3.43. The maximum absolute atomic E-state index is 10.2. The van der Waals surface area contributed by atoms with Gasteiger partial charge in [0, 0.05) is 6.07 Å². The Labute approximate surface area is 166 Å². The Bertz CT molecular complexity index is 997. The SMILES string of the molecule is CC12CCC(O)CC1=CCC1C2CCC2(C)C(c3cnc4ccon34)=CCC12. The fourth-order valence-electron chi connectivity index (χ4n) is 7.51. The summed E-state index contributed by atoms with van der Waals surface area (Å²) in [4.78, 5) is 4.54. The summed E-state index contributed by atoms with van der Waals surface area (Å²) in [5, 5.41) is 10.2. The van der Waals surface area contributed by atoms with Crippen molar-refractivity contribution in [3.05, 3.63) is 41.9 Å². The summed E-state index contributed by atoms with van der Waals surface area (Å²) in [6.45, 7) is 4.98. The van der Waals surface area contributed by atoms with Crippen LogP contribution in [0.25, 0.3) is 11.2 Å². The lowest BCUT2D eigenvalue weighted by atomic mass is 9.47. The summed E-state index contributed by atoms with van der Waals surface area (Å²) in [6, 6.07) is 1.93. The van der Waals surface area contributed by atoms with Gasteiger partial charge in [0.15, 0.2) is 5.65 Å². The van der Waals surface area contributed by atoms with E-state index in [-0.39, 0.29) is 11.5 Å². The van der Waals surface area contributed by atoms with Crippen molar-refractivity contribution in [3.63, 3.8) is 0 Å². The normalized spacial score (nSPS) is 42.5. The van der Waals surface area contributed by atoms with E-state index in [4.69, 9.17) is 4.52 Å². The molecule has 0 radical (unpaired) electrons. The molecule has 4 aliphatic carbocycles. The highest BCUT2D eigenvalue weighted by Gasteiger charge is 2.57. The zero-order chi connectivity index (χ0) is 19.1. The average molecular weight is 379 g/mol. The highest BCUT2D eigenvalue weighted by atomic mass is 16.5. The van der Waals surface area contributed by atoms with E-state index in [1.54, 1.807) is 11.8 Å². The molecule has 4 aliphatic rings. The van der Waals surface area contributed by atoms with E-state index in [1.165, 1.54) is 31.3 Å². The second-order valence-electron chi connectivity index (χ2n) is 10.2. The molecule has 0 amide bonds. The second kappa shape index (κ2) is 5.63. The van der Waals surface area contributed by atoms with Crippen molar-refractivity contribution >= 4 is 11.2 Å². The Hall–Kier alpha value is -1.81. The van der Waals surface area contributed by atoms with Gasteiger partial charge in [-0.1, -0.05) is 31.6 Å². The number of hydrogen-bond acceptors (Lipinski definition) is 3. The third-order valence-corrected chi connectivity index (χ3v) is 9.06. The Morgan fingerprint density at radius 2 is 1.96 bits per heavy atom. The first-order valence-electron chi connectivity index (χ1n) is 11.0. The van der Waals surface area contributed by atoms with E-state index in [9.17, 15) is 5.11 Å². The number of aliphatic hydroxyl groups is 1. The molecule has 0 saturated heterocycles. The van der Waals surface area contributed by atoms with Gasteiger partial charge in [0.1, 0.15) is 12.0 Å². The summed E-state index contributed by atoms with van der Waals surface area (Å²) < 4.78 is 7.61. The molecule has 2 saturated carbocycles. The zero-order valence-electron chi connectivity index (χ0n) is 16.9. The van der Waals surface area contributed by atoms with E-state index in [2.05, 4.69) is 31.0 Å². The second-order valence-corrected chi connectivity index (χ2v) is 10.2. The third-order valence-electron chi connectivity index (χ3n) is 9.06. The molecule has 0 spiro atoms. The molecule has 2 fully saturated rings. The molecule has 2 aromatic rings. The fraction of sp³-hybridized carbons (Fsp3) is 0.625. The van der Waals surface area contributed by atoms with Gasteiger partial charge in [-0.05, 0) is 79.1 Å². The first kappa shape index (κ1) is 17.1. The van der Waals surface area contributed by atoms with Crippen LogP contribution in [-0.2, 0) is 0 Å². The monoisotopic (exact) mass is 378 g/mol. The van der Waals surface area contributed by atoms with Gasteiger partial charge in [-0.15, -0.1) is 0 Å². The predicted molar refractivity (Wildman–Crippen MR) is 109 cm³/mol. The van der Waals surface area contributed by atoms with E-state index in [0.29, 0.717) is 11.3 Å². The number of imidazole rings is 1. The molecular weight excluding hydrogens is 348 g/mol. The summed E-state index contributed by atoms with van der Waals surface area (Å²) in [5.41, 5.74) is 5.54. The molecule has 28 heavy (non-hydrogen) atoms. The number of fused-ring (bicyclic) bond motifs is 6. The fourth-order valence-corrected chi connectivity index (χ4v) is 7.51. The van der Waals surface area contributed by atoms with Crippen molar-refractivity contribution in [2.75, 3.05) is 0 Å². The molecule has 4 heteroatoms. The minimum Gasteiger partial charge on any atom is -0.393 e. The van der Waals surface area contributed by atoms with Crippen LogP contribution in [-0.4, -0.2) is 20.8 Å². The van der Waals surface area contributed by atoms with E-state index >= 15 is 0 Å². The minimum absolute atomic E-state index is 0.123. The van der Waals surface area contributed by atoms with Crippen LogP contribution in [0.5, 0.6) is 0 Å². The molecule has 148 valence electrons. The number of allylic oxidation sites excluding steroid dienone is 3. The van der Waals surface area contributed by atoms with Gasteiger partial charge in [0.05, 0.1) is 12.3 Å². The maximum atomic E-state index is 10.2. The van der Waals surface area contributed by atoms with Crippen LogP contribution in [0.15, 0.2) is 40.8 Å². The van der Waals surface area contributed by atoms with Crippen LogP contribution >= 0.6 is 0 Å². The maximum Gasteiger partial charge on any atom is 0.172 e. The molecule has 6 atom stereocenters. The van der Waals surface area contributed by atoms with Crippen molar-refractivity contribution in [2.45, 2.75) is 64.9 Å². The van der Waals surface area contributed by atoms with Gasteiger partial charge in [-0.25, -0.2) is 4.98 Å². The van der Waals surface area contributed by atoms with Crippen molar-refractivity contribution in [2.24, 2.45) is 28.6 Å². The van der Waals surface area contributed by atoms with Crippen molar-refractivity contribution < 1.29 is 9.63 Å². The van der Waals surface area contributed by atoms with Crippen LogP contribution < -0.4 is 0 Å². The van der Waals surface area contributed by atoms with Gasteiger partial charge < -0.3 is 9.63 Å². The minimum atomic E-state index is -0.123. The van der Waals surface area contributed by atoms with Crippen LogP contribution in [0.3, 0.4) is 0 Å². The topological polar surface area (TPSA) is 50.7 Å². The summed E-state index contributed by atoms with van der Waals surface area (Å²) >= 11 is 0. The van der Waals surface area contributed by atoms with Gasteiger partial charge in [-0.3, -0.25) is 0 Å². The molecule has 2 heterocycles.